The van der Waals surface area contributed by atoms with Crippen molar-refractivity contribution < 1.29 is 26.7 Å². The Morgan fingerprint density at radius 3 is 2.30 bits per heavy atom. The monoisotopic (exact) mass is 343 g/mol. The van der Waals surface area contributed by atoms with Crippen LogP contribution in [0.4, 0.5) is 14.5 Å². The Bertz CT molecular complexity index is 777. The van der Waals surface area contributed by atoms with E-state index in [1.165, 1.54) is 37.4 Å². The molecule has 0 heterocycles. The van der Waals surface area contributed by atoms with Crippen molar-refractivity contribution in [2.24, 2.45) is 0 Å². The predicted molar refractivity (Wildman–Crippen MR) is 81.6 cm³/mol. The van der Waals surface area contributed by atoms with Crippen molar-refractivity contribution in [3.63, 3.8) is 0 Å². The molecule has 0 spiro atoms. The fraction of sp³-hybridized carbons (Fsp3) is 0.200. The number of anilines is 1. The van der Waals surface area contributed by atoms with Crippen LogP contribution < -0.4 is 14.2 Å². The summed E-state index contributed by atoms with van der Waals surface area (Å²) >= 11 is 0. The minimum atomic E-state index is -3.94. The second-order valence-corrected chi connectivity index (χ2v) is 6.32. The molecule has 5 nitrogen and oxygen atoms in total. The van der Waals surface area contributed by atoms with Crippen LogP contribution in [0, 0.1) is 6.92 Å². The largest absolute Gasteiger partial charge is 0.493 e. The summed E-state index contributed by atoms with van der Waals surface area (Å²) in [4.78, 5) is 0.00826. The maximum Gasteiger partial charge on any atom is 0.387 e. The first kappa shape index (κ1) is 17.0. The van der Waals surface area contributed by atoms with E-state index in [0.29, 0.717) is 0 Å². The second-order valence-electron chi connectivity index (χ2n) is 4.63. The van der Waals surface area contributed by atoms with Crippen LogP contribution in [0.5, 0.6) is 11.5 Å². The number of hydrogen-bond acceptors (Lipinski definition) is 4. The summed E-state index contributed by atoms with van der Waals surface area (Å²) in [5.41, 5.74) is 0.761. The van der Waals surface area contributed by atoms with Crippen molar-refractivity contribution in [3.8, 4) is 11.5 Å². The van der Waals surface area contributed by atoms with Crippen LogP contribution >= 0.6 is 0 Å². The Labute approximate surface area is 132 Å². The summed E-state index contributed by atoms with van der Waals surface area (Å²) < 4.78 is 61.4. The number of sulfonamides is 1. The van der Waals surface area contributed by atoms with Crippen molar-refractivity contribution in [2.75, 3.05) is 11.8 Å². The summed E-state index contributed by atoms with van der Waals surface area (Å²) in [6.45, 7) is -1.30. The second kappa shape index (κ2) is 6.82. The molecule has 2 aromatic rings. The first-order valence-electron chi connectivity index (χ1n) is 6.55. The van der Waals surface area contributed by atoms with E-state index in [0.717, 1.165) is 5.56 Å². The van der Waals surface area contributed by atoms with Crippen LogP contribution in [-0.4, -0.2) is 22.1 Å². The average Bonchev–Trinajstić information content (AvgIpc) is 2.48. The van der Waals surface area contributed by atoms with Crippen LogP contribution in [0.15, 0.2) is 47.4 Å². The van der Waals surface area contributed by atoms with E-state index in [-0.39, 0.29) is 22.1 Å². The number of para-hydroxylation sites is 1. The van der Waals surface area contributed by atoms with Gasteiger partial charge in [0.05, 0.1) is 17.7 Å². The molecule has 0 radical (unpaired) electrons. The Balaban J connectivity index is 2.40. The van der Waals surface area contributed by atoms with E-state index in [2.05, 4.69) is 9.46 Å². The number of alkyl halides is 2. The standard InChI is InChI=1S/C15H15F2NO4S/c1-10-6-8-11(9-7-10)23(19,20)18-12-4-3-5-13(21-2)14(12)22-15(16)17/h3-9,15,18H,1-2H3. The van der Waals surface area contributed by atoms with Gasteiger partial charge in [-0.15, -0.1) is 0 Å². The Morgan fingerprint density at radius 1 is 1.09 bits per heavy atom. The molecule has 0 fully saturated rings. The van der Waals surface area contributed by atoms with Gasteiger partial charge in [0.15, 0.2) is 11.5 Å². The van der Waals surface area contributed by atoms with Crippen molar-refractivity contribution in [2.45, 2.75) is 18.4 Å². The molecule has 0 atom stereocenters. The summed E-state index contributed by atoms with van der Waals surface area (Å²) in [5, 5.41) is 0. The van der Waals surface area contributed by atoms with Crippen LogP contribution in [0.1, 0.15) is 5.56 Å². The lowest BCUT2D eigenvalue weighted by atomic mass is 10.2. The minimum absolute atomic E-state index is 0.00518. The molecule has 0 saturated heterocycles. The van der Waals surface area contributed by atoms with Gasteiger partial charge >= 0.3 is 6.61 Å². The van der Waals surface area contributed by atoms with Gasteiger partial charge in [0.1, 0.15) is 0 Å². The van der Waals surface area contributed by atoms with Crippen molar-refractivity contribution in [1.29, 1.82) is 0 Å². The fourth-order valence-electron chi connectivity index (χ4n) is 1.89. The van der Waals surface area contributed by atoms with Crippen LogP contribution in [-0.2, 0) is 10.0 Å². The topological polar surface area (TPSA) is 64.6 Å². The lowest BCUT2D eigenvalue weighted by molar-refractivity contribution is -0.0506. The molecule has 8 heteroatoms. The normalized spacial score (nSPS) is 11.3. The van der Waals surface area contributed by atoms with E-state index >= 15 is 0 Å². The SMILES string of the molecule is COc1cccc(NS(=O)(=O)c2ccc(C)cc2)c1OC(F)F. The molecular formula is C15H15F2NO4S. The Hall–Kier alpha value is -2.35. The van der Waals surface area contributed by atoms with Crippen LogP contribution in [0.25, 0.3) is 0 Å². The molecule has 0 aliphatic rings. The van der Waals surface area contributed by atoms with Gasteiger partial charge in [0, 0.05) is 0 Å². The highest BCUT2D eigenvalue weighted by atomic mass is 32.2. The zero-order valence-electron chi connectivity index (χ0n) is 12.4. The highest BCUT2D eigenvalue weighted by Crippen LogP contribution is 2.37. The third-order valence-corrected chi connectivity index (χ3v) is 4.36. The number of rotatable bonds is 6. The van der Waals surface area contributed by atoms with E-state index in [1.54, 1.807) is 12.1 Å². The molecule has 23 heavy (non-hydrogen) atoms. The summed E-state index contributed by atoms with van der Waals surface area (Å²) in [5.74, 6) is -0.380. The molecule has 0 saturated carbocycles. The number of aryl methyl sites for hydroxylation is 1. The molecule has 2 rings (SSSR count). The third kappa shape index (κ3) is 4.10. The van der Waals surface area contributed by atoms with Gasteiger partial charge in [-0.25, -0.2) is 8.42 Å². The molecular weight excluding hydrogens is 328 g/mol. The summed E-state index contributed by atoms with van der Waals surface area (Å²) in [6.07, 6.45) is 0. The van der Waals surface area contributed by atoms with E-state index in [1.807, 2.05) is 6.92 Å². The molecule has 0 aliphatic carbocycles. The van der Waals surface area contributed by atoms with Gasteiger partial charge in [0.2, 0.25) is 0 Å². The molecule has 0 aromatic heterocycles. The molecule has 124 valence electrons. The smallest absolute Gasteiger partial charge is 0.387 e. The van der Waals surface area contributed by atoms with E-state index in [9.17, 15) is 17.2 Å². The van der Waals surface area contributed by atoms with E-state index < -0.39 is 16.6 Å². The quantitative estimate of drug-likeness (QED) is 0.873. The maximum atomic E-state index is 12.6. The molecule has 0 amide bonds. The Kier molecular flexibility index (Phi) is 5.05. The van der Waals surface area contributed by atoms with Crippen LogP contribution in [0.3, 0.4) is 0 Å². The van der Waals surface area contributed by atoms with Gasteiger partial charge in [-0.3, -0.25) is 4.72 Å². The number of benzene rings is 2. The zero-order valence-corrected chi connectivity index (χ0v) is 13.2. The molecule has 0 aliphatic heterocycles. The number of methoxy groups -OCH3 is 1. The predicted octanol–water partition coefficient (Wildman–Crippen LogP) is 3.41. The third-order valence-electron chi connectivity index (χ3n) is 2.98. The number of hydrogen-bond donors (Lipinski definition) is 1. The fourth-order valence-corrected chi connectivity index (χ4v) is 2.95. The summed E-state index contributed by atoms with van der Waals surface area (Å²) in [6, 6.07) is 10.3. The Morgan fingerprint density at radius 2 is 1.74 bits per heavy atom. The molecule has 2 aromatic carbocycles. The molecule has 1 N–H and O–H groups in total. The van der Waals surface area contributed by atoms with Gasteiger partial charge in [-0.1, -0.05) is 23.8 Å². The minimum Gasteiger partial charge on any atom is -0.493 e. The van der Waals surface area contributed by atoms with Crippen LogP contribution in [0.2, 0.25) is 0 Å². The maximum absolute atomic E-state index is 12.6. The zero-order chi connectivity index (χ0) is 17.0. The summed E-state index contributed by atoms with van der Waals surface area (Å²) in [7, 11) is -2.67. The number of ether oxygens (including phenoxy) is 2. The van der Waals surface area contributed by atoms with E-state index in [4.69, 9.17) is 4.74 Å². The lowest BCUT2D eigenvalue weighted by Gasteiger charge is -2.15. The number of halogens is 2. The highest BCUT2D eigenvalue weighted by molar-refractivity contribution is 7.92. The lowest BCUT2D eigenvalue weighted by Crippen LogP contribution is -2.15. The first-order valence-corrected chi connectivity index (χ1v) is 8.03. The molecule has 0 bridgehead atoms. The molecule has 0 unspecified atom stereocenters. The van der Waals surface area contributed by atoms with Crippen molar-refractivity contribution in [3.05, 3.63) is 48.0 Å². The first-order chi connectivity index (χ1) is 10.8. The highest BCUT2D eigenvalue weighted by Gasteiger charge is 2.20. The van der Waals surface area contributed by atoms with Gasteiger partial charge in [-0.05, 0) is 31.2 Å². The van der Waals surface area contributed by atoms with Crippen molar-refractivity contribution in [1.82, 2.24) is 0 Å². The number of nitrogens with one attached hydrogen (secondary N) is 1. The van der Waals surface area contributed by atoms with Crippen molar-refractivity contribution >= 4 is 15.7 Å². The van der Waals surface area contributed by atoms with Gasteiger partial charge in [0.25, 0.3) is 10.0 Å². The average molecular weight is 343 g/mol. The van der Waals surface area contributed by atoms with Gasteiger partial charge < -0.3 is 9.47 Å². The van der Waals surface area contributed by atoms with Gasteiger partial charge in [-0.2, -0.15) is 8.78 Å².